The molecule has 0 aliphatic carbocycles. The summed E-state index contributed by atoms with van der Waals surface area (Å²) in [6.45, 7) is 9.26. The van der Waals surface area contributed by atoms with Crippen LogP contribution in [0.25, 0.3) is 0 Å². The first-order valence-corrected chi connectivity index (χ1v) is 11.4. The Morgan fingerprint density at radius 3 is 2.97 bits per heavy atom. The average molecular weight is 411 g/mol. The second kappa shape index (κ2) is 10.1. The zero-order valence-corrected chi connectivity index (χ0v) is 18.3. The van der Waals surface area contributed by atoms with Gasteiger partial charge in [0.05, 0.1) is 13.2 Å². The molecule has 0 saturated carbocycles. The van der Waals surface area contributed by atoms with Crippen LogP contribution in [0, 0.1) is 6.92 Å². The highest BCUT2D eigenvalue weighted by atomic mass is 16.5. The number of morpholine rings is 1. The molecule has 0 amide bonds. The van der Waals surface area contributed by atoms with Crippen LogP contribution >= 0.6 is 0 Å². The molecule has 7 heteroatoms. The highest BCUT2D eigenvalue weighted by molar-refractivity contribution is 5.80. The summed E-state index contributed by atoms with van der Waals surface area (Å²) in [5, 5.41) is 12.3. The van der Waals surface area contributed by atoms with E-state index in [1.165, 1.54) is 30.4 Å². The van der Waals surface area contributed by atoms with E-state index < -0.39 is 0 Å². The Hall–Kier alpha value is -2.41. The van der Waals surface area contributed by atoms with Crippen molar-refractivity contribution in [2.45, 2.75) is 58.6 Å². The van der Waals surface area contributed by atoms with Gasteiger partial charge in [-0.25, -0.2) is 0 Å². The summed E-state index contributed by atoms with van der Waals surface area (Å²) in [5.41, 5.74) is 2.54. The minimum atomic E-state index is 0.0797. The van der Waals surface area contributed by atoms with Crippen LogP contribution < -0.4 is 5.32 Å². The molecule has 2 aromatic rings. The van der Waals surface area contributed by atoms with Gasteiger partial charge in [-0.05, 0) is 37.8 Å². The number of nitrogens with one attached hydrogen (secondary N) is 1. The number of aryl methyl sites for hydroxylation is 2. The zero-order chi connectivity index (χ0) is 20.8. The maximum Gasteiger partial charge on any atom is 0.194 e. The number of hydrogen-bond donors (Lipinski definition) is 1. The Morgan fingerprint density at radius 2 is 2.10 bits per heavy atom. The van der Waals surface area contributed by atoms with E-state index in [0.29, 0.717) is 13.2 Å². The Morgan fingerprint density at radius 1 is 1.20 bits per heavy atom. The van der Waals surface area contributed by atoms with Crippen molar-refractivity contribution in [2.75, 3.05) is 32.8 Å². The molecule has 1 unspecified atom stereocenters. The van der Waals surface area contributed by atoms with Crippen LogP contribution in [0.2, 0.25) is 0 Å². The summed E-state index contributed by atoms with van der Waals surface area (Å²) in [7, 11) is 0. The summed E-state index contributed by atoms with van der Waals surface area (Å²) < 4.78 is 8.41. The first-order chi connectivity index (χ1) is 14.8. The fourth-order valence-corrected chi connectivity index (χ4v) is 4.40. The summed E-state index contributed by atoms with van der Waals surface area (Å²) in [6, 6.07) is 8.49. The number of guanidine groups is 1. The molecule has 1 saturated heterocycles. The molecule has 3 heterocycles. The zero-order valence-electron chi connectivity index (χ0n) is 18.3. The minimum absolute atomic E-state index is 0.0797. The fourth-order valence-electron chi connectivity index (χ4n) is 4.40. The lowest BCUT2D eigenvalue weighted by molar-refractivity contribution is -0.00832. The largest absolute Gasteiger partial charge is 0.370 e. The fraction of sp³-hybridized carbons (Fsp3) is 0.609. The van der Waals surface area contributed by atoms with Gasteiger partial charge in [0.2, 0.25) is 0 Å². The third-order valence-corrected chi connectivity index (χ3v) is 6.02. The highest BCUT2D eigenvalue weighted by Crippen LogP contribution is 2.25. The molecule has 4 rings (SSSR count). The standard InChI is InChI=1S/C23H34N6O/c1-3-24-23(25-13-12-22-27-26-21-11-5-4-8-14-29(21)22)28-15-16-30-20(17-28)19-10-7-6-9-18(19)2/h6-7,9-10,20H,3-5,8,11-17H2,1-2H3,(H,24,25). The van der Waals surface area contributed by atoms with Gasteiger partial charge in [0.1, 0.15) is 17.8 Å². The van der Waals surface area contributed by atoms with Crippen molar-refractivity contribution in [1.29, 1.82) is 0 Å². The van der Waals surface area contributed by atoms with Crippen molar-refractivity contribution in [3.8, 4) is 0 Å². The van der Waals surface area contributed by atoms with Crippen LogP contribution in [-0.4, -0.2) is 58.4 Å². The second-order valence-corrected chi connectivity index (χ2v) is 8.14. The summed E-state index contributed by atoms with van der Waals surface area (Å²) in [4.78, 5) is 7.26. The molecule has 0 radical (unpaired) electrons. The molecule has 1 aromatic carbocycles. The molecular formula is C23H34N6O. The molecule has 2 aliphatic heterocycles. The number of nitrogens with zero attached hydrogens (tertiary/aromatic N) is 5. The molecule has 1 aromatic heterocycles. The lowest BCUT2D eigenvalue weighted by Gasteiger charge is -2.35. The van der Waals surface area contributed by atoms with E-state index in [1.807, 2.05) is 0 Å². The van der Waals surface area contributed by atoms with Crippen LogP contribution in [0.1, 0.15) is 55.1 Å². The maximum absolute atomic E-state index is 6.09. The van der Waals surface area contributed by atoms with Crippen molar-refractivity contribution in [3.63, 3.8) is 0 Å². The first-order valence-electron chi connectivity index (χ1n) is 11.4. The molecule has 7 nitrogen and oxygen atoms in total. The van der Waals surface area contributed by atoms with Gasteiger partial charge in [0.25, 0.3) is 0 Å². The summed E-state index contributed by atoms with van der Waals surface area (Å²) >= 11 is 0. The van der Waals surface area contributed by atoms with Gasteiger partial charge in [0, 0.05) is 39.0 Å². The van der Waals surface area contributed by atoms with E-state index in [0.717, 1.165) is 56.6 Å². The quantitative estimate of drug-likeness (QED) is 0.606. The third-order valence-electron chi connectivity index (χ3n) is 6.02. The molecule has 1 fully saturated rings. The second-order valence-electron chi connectivity index (χ2n) is 8.14. The van der Waals surface area contributed by atoms with Crippen LogP contribution in [0.5, 0.6) is 0 Å². The first kappa shape index (κ1) is 20.8. The molecule has 1 atom stereocenters. The number of fused-ring (bicyclic) bond motifs is 1. The molecule has 1 N–H and O–H groups in total. The number of rotatable bonds is 5. The van der Waals surface area contributed by atoms with E-state index in [4.69, 9.17) is 9.73 Å². The monoisotopic (exact) mass is 410 g/mol. The van der Waals surface area contributed by atoms with Crippen molar-refractivity contribution in [1.82, 2.24) is 25.0 Å². The highest BCUT2D eigenvalue weighted by Gasteiger charge is 2.25. The number of aliphatic imine (C=N–C) groups is 1. The average Bonchev–Trinajstić information content (AvgIpc) is 2.99. The lowest BCUT2D eigenvalue weighted by Crippen LogP contribution is -2.48. The number of benzene rings is 1. The van der Waals surface area contributed by atoms with Crippen molar-refractivity contribution in [2.24, 2.45) is 4.99 Å². The van der Waals surface area contributed by atoms with Gasteiger partial charge < -0.3 is 19.5 Å². The predicted octanol–water partition coefficient (Wildman–Crippen LogP) is 2.89. The van der Waals surface area contributed by atoms with E-state index in [-0.39, 0.29) is 6.10 Å². The number of aromatic nitrogens is 3. The van der Waals surface area contributed by atoms with E-state index in [9.17, 15) is 0 Å². The normalized spacial score (nSPS) is 20.0. The van der Waals surface area contributed by atoms with Crippen LogP contribution in [-0.2, 0) is 24.1 Å². The van der Waals surface area contributed by atoms with Crippen LogP contribution in [0.4, 0.5) is 0 Å². The van der Waals surface area contributed by atoms with E-state index in [2.05, 4.69) is 63.1 Å². The molecule has 30 heavy (non-hydrogen) atoms. The van der Waals surface area contributed by atoms with Crippen molar-refractivity contribution in [3.05, 3.63) is 47.0 Å². The van der Waals surface area contributed by atoms with E-state index >= 15 is 0 Å². The van der Waals surface area contributed by atoms with Gasteiger partial charge in [-0.2, -0.15) is 0 Å². The Balaban J connectivity index is 1.42. The molecule has 0 bridgehead atoms. The summed E-state index contributed by atoms with van der Waals surface area (Å²) in [6.07, 6.45) is 5.68. The van der Waals surface area contributed by atoms with Crippen molar-refractivity contribution < 1.29 is 4.74 Å². The van der Waals surface area contributed by atoms with Gasteiger partial charge in [-0.1, -0.05) is 30.7 Å². The minimum Gasteiger partial charge on any atom is -0.370 e. The molecule has 2 aliphatic rings. The number of hydrogen-bond acceptors (Lipinski definition) is 4. The van der Waals surface area contributed by atoms with E-state index in [1.54, 1.807) is 0 Å². The van der Waals surface area contributed by atoms with Gasteiger partial charge in [-0.3, -0.25) is 4.99 Å². The molecule has 0 spiro atoms. The van der Waals surface area contributed by atoms with Gasteiger partial charge in [-0.15, -0.1) is 10.2 Å². The Labute approximate surface area is 179 Å². The van der Waals surface area contributed by atoms with Gasteiger partial charge in [0.15, 0.2) is 5.96 Å². The van der Waals surface area contributed by atoms with Crippen LogP contribution in [0.3, 0.4) is 0 Å². The predicted molar refractivity (Wildman–Crippen MR) is 119 cm³/mol. The van der Waals surface area contributed by atoms with Gasteiger partial charge >= 0.3 is 0 Å². The number of ether oxygens (including phenoxy) is 1. The smallest absolute Gasteiger partial charge is 0.194 e. The molecular weight excluding hydrogens is 376 g/mol. The Kier molecular flexibility index (Phi) is 7.00. The van der Waals surface area contributed by atoms with Crippen molar-refractivity contribution >= 4 is 5.96 Å². The third kappa shape index (κ3) is 4.83. The van der Waals surface area contributed by atoms with Crippen LogP contribution in [0.15, 0.2) is 29.3 Å². The lowest BCUT2D eigenvalue weighted by atomic mass is 10.0. The Bertz CT molecular complexity index is 861. The molecule has 162 valence electrons. The maximum atomic E-state index is 6.09. The SMILES string of the molecule is CCNC(=NCCc1nnc2n1CCCCC2)N1CCOC(c2ccccc2C)C1. The summed E-state index contributed by atoms with van der Waals surface area (Å²) in [5.74, 6) is 3.19. The topological polar surface area (TPSA) is 67.6 Å².